The lowest BCUT2D eigenvalue weighted by atomic mass is 9.89. The predicted molar refractivity (Wildman–Crippen MR) is 75.0 cm³/mol. The second-order valence-corrected chi connectivity index (χ2v) is 4.46. The number of benzene rings is 1. The van der Waals surface area contributed by atoms with E-state index in [0.717, 1.165) is 6.07 Å². The fourth-order valence-corrected chi connectivity index (χ4v) is 2.20. The Labute approximate surface area is 124 Å². The highest BCUT2D eigenvalue weighted by atomic mass is 32.1. The van der Waals surface area contributed by atoms with Gasteiger partial charge in [0.1, 0.15) is 0 Å². The molecule has 0 atom stereocenters. The summed E-state index contributed by atoms with van der Waals surface area (Å²) in [6.07, 6.45) is -0.0895. The first-order valence-corrected chi connectivity index (χ1v) is 6.22. The molecule has 8 nitrogen and oxygen atoms in total. The number of nitrogens with two attached hydrogens (primary N) is 2. The zero-order valence-electron chi connectivity index (χ0n) is 10.6. The van der Waals surface area contributed by atoms with Crippen LogP contribution in [0.5, 0.6) is 0 Å². The molecule has 0 aliphatic rings. The van der Waals surface area contributed by atoms with Gasteiger partial charge in [0, 0.05) is 0 Å². The molecule has 0 aromatic heterocycles. The van der Waals surface area contributed by atoms with E-state index < -0.39 is 46.0 Å². The van der Waals surface area contributed by atoms with Gasteiger partial charge in [0.2, 0.25) is 11.8 Å². The van der Waals surface area contributed by atoms with Gasteiger partial charge in [-0.2, -0.15) is 12.6 Å². The van der Waals surface area contributed by atoms with Gasteiger partial charge in [0.25, 0.3) is 0 Å². The van der Waals surface area contributed by atoms with Crippen LogP contribution in [0, 0.1) is 0 Å². The highest BCUT2D eigenvalue weighted by Crippen LogP contribution is 2.25. The van der Waals surface area contributed by atoms with E-state index >= 15 is 0 Å². The van der Waals surface area contributed by atoms with Gasteiger partial charge < -0.3 is 21.7 Å². The van der Waals surface area contributed by atoms with Crippen molar-refractivity contribution in [2.24, 2.45) is 11.5 Å². The summed E-state index contributed by atoms with van der Waals surface area (Å²) in [6, 6.07) is 0.791. The van der Waals surface area contributed by atoms with Crippen LogP contribution in [0.2, 0.25) is 0 Å². The summed E-state index contributed by atoms with van der Waals surface area (Å²) in [6.45, 7) is 0. The van der Waals surface area contributed by atoms with Gasteiger partial charge in [-0.05, 0) is 23.8 Å². The van der Waals surface area contributed by atoms with Crippen molar-refractivity contribution in [1.29, 1.82) is 0 Å². The van der Waals surface area contributed by atoms with Gasteiger partial charge in [0.05, 0.1) is 22.3 Å². The van der Waals surface area contributed by atoms with E-state index in [9.17, 15) is 29.4 Å². The van der Waals surface area contributed by atoms with Crippen molar-refractivity contribution < 1.29 is 29.4 Å². The zero-order valence-corrected chi connectivity index (χ0v) is 11.5. The van der Waals surface area contributed by atoms with Crippen molar-refractivity contribution in [2.45, 2.75) is 6.42 Å². The molecule has 0 aliphatic heterocycles. The number of aromatic carboxylic acids is 2. The number of carboxylic acid groups (broad SMARTS) is 2. The molecule has 0 spiro atoms. The number of carbonyl (C=O) groups excluding carboxylic acids is 2. The molecule has 6 N–H and O–H groups in total. The van der Waals surface area contributed by atoms with E-state index in [-0.39, 0.29) is 17.7 Å². The Kier molecular flexibility index (Phi) is 4.93. The molecule has 112 valence electrons. The molecular formula is C12H12N2O6S. The van der Waals surface area contributed by atoms with Crippen LogP contribution >= 0.6 is 12.6 Å². The fraction of sp³-hybridized carbons (Fsp3) is 0.167. The SMILES string of the molecule is NC(=O)c1cc(C(N)=O)c(C(=O)O)c(CCS)c1C(=O)O. The van der Waals surface area contributed by atoms with E-state index in [1.54, 1.807) is 0 Å². The van der Waals surface area contributed by atoms with Crippen molar-refractivity contribution in [1.82, 2.24) is 0 Å². The van der Waals surface area contributed by atoms with E-state index in [4.69, 9.17) is 11.5 Å². The third-order valence-corrected chi connectivity index (χ3v) is 2.97. The average molecular weight is 312 g/mol. The molecule has 9 heteroatoms. The van der Waals surface area contributed by atoms with Crippen molar-refractivity contribution in [3.8, 4) is 0 Å². The highest BCUT2D eigenvalue weighted by molar-refractivity contribution is 7.80. The summed E-state index contributed by atoms with van der Waals surface area (Å²) in [5.41, 5.74) is 7.91. The van der Waals surface area contributed by atoms with Crippen molar-refractivity contribution in [3.05, 3.63) is 33.9 Å². The Bertz CT molecular complexity index is 605. The smallest absolute Gasteiger partial charge is 0.336 e. The summed E-state index contributed by atoms with van der Waals surface area (Å²) in [5, 5.41) is 18.4. The molecule has 1 aromatic carbocycles. The quantitative estimate of drug-likeness (QED) is 0.455. The molecule has 0 bridgehead atoms. The summed E-state index contributed by atoms with van der Waals surface area (Å²) >= 11 is 3.92. The minimum absolute atomic E-state index is 0.0895. The number of rotatable bonds is 6. The number of carboxylic acids is 2. The number of thiol groups is 1. The van der Waals surface area contributed by atoms with Gasteiger partial charge >= 0.3 is 11.9 Å². The zero-order chi connectivity index (χ0) is 16.3. The number of hydrogen-bond acceptors (Lipinski definition) is 5. The van der Waals surface area contributed by atoms with Crippen LogP contribution in [0.4, 0.5) is 0 Å². The van der Waals surface area contributed by atoms with Gasteiger partial charge in [-0.25, -0.2) is 9.59 Å². The highest BCUT2D eigenvalue weighted by Gasteiger charge is 2.29. The lowest BCUT2D eigenvalue weighted by molar-refractivity contribution is 0.0687. The Hall–Kier alpha value is -2.55. The summed E-state index contributed by atoms with van der Waals surface area (Å²) in [5.74, 6) is -5.17. The number of carbonyl (C=O) groups is 4. The maximum Gasteiger partial charge on any atom is 0.336 e. The first-order valence-electron chi connectivity index (χ1n) is 5.59. The minimum Gasteiger partial charge on any atom is -0.478 e. The first kappa shape index (κ1) is 16.5. The Balaban J connectivity index is 3.97. The maximum atomic E-state index is 11.4. The van der Waals surface area contributed by atoms with Crippen LogP contribution in [0.25, 0.3) is 0 Å². The Morgan fingerprint density at radius 1 is 0.952 bits per heavy atom. The molecule has 1 aromatic rings. The first-order chi connectivity index (χ1) is 9.72. The van der Waals surface area contributed by atoms with Crippen LogP contribution in [0.15, 0.2) is 6.07 Å². The molecule has 0 saturated carbocycles. The van der Waals surface area contributed by atoms with Gasteiger partial charge in [-0.1, -0.05) is 0 Å². The van der Waals surface area contributed by atoms with Crippen LogP contribution in [0.1, 0.15) is 47.0 Å². The monoisotopic (exact) mass is 312 g/mol. The number of hydrogen-bond donors (Lipinski definition) is 5. The molecule has 0 heterocycles. The molecule has 0 unspecified atom stereocenters. The van der Waals surface area contributed by atoms with Crippen LogP contribution in [0.3, 0.4) is 0 Å². The fourth-order valence-electron chi connectivity index (χ4n) is 1.98. The largest absolute Gasteiger partial charge is 0.478 e. The third kappa shape index (κ3) is 3.14. The molecule has 21 heavy (non-hydrogen) atoms. The topological polar surface area (TPSA) is 161 Å². The lowest BCUT2D eigenvalue weighted by Crippen LogP contribution is -2.25. The molecule has 0 radical (unpaired) electrons. The molecule has 2 amide bonds. The molecule has 0 fully saturated rings. The normalized spacial score (nSPS) is 10.1. The van der Waals surface area contributed by atoms with Crippen LogP contribution < -0.4 is 11.5 Å². The Morgan fingerprint density at radius 3 is 1.57 bits per heavy atom. The van der Waals surface area contributed by atoms with Gasteiger partial charge in [-0.15, -0.1) is 0 Å². The predicted octanol–water partition coefficient (Wildman–Crippen LogP) is -0.247. The van der Waals surface area contributed by atoms with Gasteiger partial charge in [-0.3, -0.25) is 9.59 Å². The van der Waals surface area contributed by atoms with Crippen molar-refractivity contribution >= 4 is 36.4 Å². The minimum atomic E-state index is -1.53. The van der Waals surface area contributed by atoms with E-state index in [2.05, 4.69) is 12.6 Å². The molecule has 0 saturated heterocycles. The lowest BCUT2D eigenvalue weighted by Gasteiger charge is -2.15. The molecular weight excluding hydrogens is 300 g/mol. The second-order valence-electron chi connectivity index (χ2n) is 4.01. The molecule has 1 rings (SSSR count). The maximum absolute atomic E-state index is 11.4. The van der Waals surface area contributed by atoms with Gasteiger partial charge in [0.15, 0.2) is 0 Å². The number of primary amides is 2. The van der Waals surface area contributed by atoms with E-state index in [0.29, 0.717) is 0 Å². The molecule has 0 aliphatic carbocycles. The van der Waals surface area contributed by atoms with E-state index in [1.807, 2.05) is 0 Å². The Morgan fingerprint density at radius 2 is 1.33 bits per heavy atom. The van der Waals surface area contributed by atoms with Crippen molar-refractivity contribution in [2.75, 3.05) is 5.75 Å². The standard InChI is InChI=1S/C12H12N2O6S/c13-9(15)5-3-6(10(14)16)8(12(19)20)4(1-2-21)7(5)11(17)18/h3,21H,1-2H2,(H2,13,15)(H2,14,16)(H,17,18)(H,19,20). The summed E-state index contributed by atoms with van der Waals surface area (Å²) in [4.78, 5) is 45.4. The van der Waals surface area contributed by atoms with Crippen LogP contribution in [-0.4, -0.2) is 39.7 Å². The van der Waals surface area contributed by atoms with E-state index in [1.165, 1.54) is 0 Å². The third-order valence-electron chi connectivity index (χ3n) is 2.75. The number of amides is 2. The summed E-state index contributed by atoms with van der Waals surface area (Å²) < 4.78 is 0. The van der Waals surface area contributed by atoms with Crippen LogP contribution in [-0.2, 0) is 6.42 Å². The second kappa shape index (κ2) is 6.27. The average Bonchev–Trinajstić information content (AvgIpc) is 2.36. The van der Waals surface area contributed by atoms with Crippen molar-refractivity contribution in [3.63, 3.8) is 0 Å². The summed E-state index contributed by atoms with van der Waals surface area (Å²) in [7, 11) is 0.